The molecule has 0 aromatic rings. The summed E-state index contributed by atoms with van der Waals surface area (Å²) < 4.78 is 32.4. The molecule has 0 saturated carbocycles. The van der Waals surface area contributed by atoms with Crippen molar-refractivity contribution in [2.75, 3.05) is 19.8 Å². The van der Waals surface area contributed by atoms with Gasteiger partial charge in [0.15, 0.2) is 6.10 Å². The fraction of sp³-hybridized carbons (Fsp3) is 0.853. The molecule has 0 heterocycles. The number of carboxylic acid groups (broad SMARTS) is 1. The second-order valence-electron chi connectivity index (χ2n) is 12.0. The van der Waals surface area contributed by atoms with Crippen LogP contribution in [0.4, 0.5) is 0 Å². The number of hydrogen-bond acceptors (Lipinski definition) is 9. The molecule has 3 atom stereocenters. The molecule has 0 aliphatic carbocycles. The van der Waals surface area contributed by atoms with Gasteiger partial charge in [-0.3, -0.25) is 23.4 Å². The van der Waals surface area contributed by atoms with Crippen LogP contribution in [0.5, 0.6) is 0 Å². The molecule has 0 spiro atoms. The largest absolute Gasteiger partial charge is 0.480 e. The van der Waals surface area contributed by atoms with E-state index in [4.69, 9.17) is 24.8 Å². The summed E-state index contributed by atoms with van der Waals surface area (Å²) in [5.74, 6) is -2.39. The summed E-state index contributed by atoms with van der Waals surface area (Å²) >= 11 is 0. The number of rotatable bonds is 33. The number of carbonyl (C=O) groups excluding carboxylic acids is 2. The third-order valence-electron chi connectivity index (χ3n) is 7.51. The van der Waals surface area contributed by atoms with Gasteiger partial charge in [0.25, 0.3) is 0 Å². The van der Waals surface area contributed by atoms with Gasteiger partial charge in [0.1, 0.15) is 12.6 Å². The summed E-state index contributed by atoms with van der Waals surface area (Å²) in [6.45, 7) is 2.72. The number of phosphoric ester groups is 1. The summed E-state index contributed by atoms with van der Waals surface area (Å²) in [7, 11) is -4.70. The van der Waals surface area contributed by atoms with Crippen molar-refractivity contribution < 1.29 is 47.5 Å². The van der Waals surface area contributed by atoms with Crippen LogP contribution in [0, 0.1) is 0 Å². The van der Waals surface area contributed by atoms with Crippen LogP contribution in [-0.2, 0) is 37.5 Å². The second kappa shape index (κ2) is 30.5. The zero-order valence-electron chi connectivity index (χ0n) is 28.7. The van der Waals surface area contributed by atoms with Gasteiger partial charge in [-0.1, -0.05) is 122 Å². The first-order valence-corrected chi connectivity index (χ1v) is 19.2. The second-order valence-corrected chi connectivity index (χ2v) is 13.5. The Morgan fingerprint density at radius 1 is 0.652 bits per heavy atom. The molecule has 12 heteroatoms. The smallest absolute Gasteiger partial charge is 0.472 e. The van der Waals surface area contributed by atoms with Gasteiger partial charge < -0.3 is 25.2 Å². The molecule has 0 radical (unpaired) electrons. The molecule has 4 N–H and O–H groups in total. The topological polar surface area (TPSA) is 172 Å². The molecular weight excluding hydrogens is 613 g/mol. The molecule has 3 unspecified atom stereocenters. The highest BCUT2D eigenvalue weighted by Gasteiger charge is 2.28. The fourth-order valence-electron chi connectivity index (χ4n) is 4.63. The highest BCUT2D eigenvalue weighted by molar-refractivity contribution is 7.47. The number of aliphatic carboxylic acids is 1. The van der Waals surface area contributed by atoms with Crippen LogP contribution in [0.1, 0.15) is 155 Å². The molecule has 270 valence electrons. The molecule has 11 nitrogen and oxygen atoms in total. The molecule has 0 saturated heterocycles. The quantitative estimate of drug-likeness (QED) is 0.0265. The standard InChI is InChI=1S/C34H64NO10P/c1-3-5-7-9-11-13-15-17-19-21-23-25-32(36)42-27-30(28-43-46(40,41)44-29-31(35)34(38)39)45-33(37)26-24-22-20-18-16-14-12-10-8-6-4-2/h9,11,30-31H,3-8,10,12-29,35H2,1-2H3,(H,38,39)(H,40,41). The van der Waals surface area contributed by atoms with Crippen molar-refractivity contribution in [3.8, 4) is 0 Å². The zero-order valence-corrected chi connectivity index (χ0v) is 29.6. The van der Waals surface area contributed by atoms with Gasteiger partial charge in [-0.15, -0.1) is 0 Å². The Bertz CT molecular complexity index is 854. The van der Waals surface area contributed by atoms with Crippen LogP contribution in [0.3, 0.4) is 0 Å². The highest BCUT2D eigenvalue weighted by atomic mass is 31.2. The van der Waals surface area contributed by atoms with Crippen LogP contribution in [0.25, 0.3) is 0 Å². The van der Waals surface area contributed by atoms with E-state index in [-0.39, 0.29) is 19.4 Å². The average molecular weight is 678 g/mol. The number of hydrogen-bond donors (Lipinski definition) is 3. The van der Waals surface area contributed by atoms with Crippen LogP contribution in [-0.4, -0.2) is 59.9 Å². The molecule has 0 aromatic carbocycles. The van der Waals surface area contributed by atoms with Crippen molar-refractivity contribution in [3.05, 3.63) is 12.2 Å². The molecule has 0 aliphatic heterocycles. The van der Waals surface area contributed by atoms with Gasteiger partial charge in [0.2, 0.25) is 0 Å². The van der Waals surface area contributed by atoms with Gasteiger partial charge in [-0.2, -0.15) is 0 Å². The van der Waals surface area contributed by atoms with Crippen molar-refractivity contribution in [1.29, 1.82) is 0 Å². The SMILES string of the molecule is CCCCC=CCCCCCCCC(=O)OCC(COP(=O)(O)OCC(N)C(=O)O)OC(=O)CCCCCCCCCCCCC. The maximum atomic E-state index is 12.5. The van der Waals surface area contributed by atoms with Gasteiger partial charge in [-0.05, 0) is 32.1 Å². The number of esters is 2. The number of phosphoric acid groups is 1. The Kier molecular flexibility index (Phi) is 29.4. The fourth-order valence-corrected chi connectivity index (χ4v) is 5.41. The van der Waals surface area contributed by atoms with E-state index in [9.17, 15) is 23.8 Å². The minimum absolute atomic E-state index is 0.163. The lowest BCUT2D eigenvalue weighted by atomic mass is 10.1. The Balaban J connectivity index is 4.49. The van der Waals surface area contributed by atoms with Gasteiger partial charge >= 0.3 is 25.7 Å². The molecular formula is C34H64NO10P. The van der Waals surface area contributed by atoms with Gasteiger partial charge in [0, 0.05) is 12.8 Å². The summed E-state index contributed by atoms with van der Waals surface area (Å²) in [6, 6.07) is -1.52. The Morgan fingerprint density at radius 2 is 1.11 bits per heavy atom. The predicted octanol–water partition coefficient (Wildman–Crippen LogP) is 8.17. The van der Waals surface area contributed by atoms with E-state index in [2.05, 4.69) is 30.5 Å². The van der Waals surface area contributed by atoms with Crippen molar-refractivity contribution in [2.24, 2.45) is 5.73 Å². The first-order chi connectivity index (χ1) is 22.1. The van der Waals surface area contributed by atoms with Crippen molar-refractivity contribution in [1.82, 2.24) is 0 Å². The maximum absolute atomic E-state index is 12.5. The van der Waals surface area contributed by atoms with E-state index in [0.717, 1.165) is 57.8 Å². The van der Waals surface area contributed by atoms with E-state index < -0.39 is 51.1 Å². The van der Waals surface area contributed by atoms with E-state index in [1.807, 2.05) is 0 Å². The number of carbonyl (C=O) groups is 3. The van der Waals surface area contributed by atoms with Crippen LogP contribution in [0.2, 0.25) is 0 Å². The highest BCUT2D eigenvalue weighted by Crippen LogP contribution is 2.43. The van der Waals surface area contributed by atoms with Crippen molar-refractivity contribution in [2.45, 2.75) is 167 Å². The number of nitrogens with two attached hydrogens (primary N) is 1. The van der Waals surface area contributed by atoms with Crippen molar-refractivity contribution >= 4 is 25.7 Å². The average Bonchev–Trinajstić information content (AvgIpc) is 3.02. The lowest BCUT2D eigenvalue weighted by Gasteiger charge is -2.20. The summed E-state index contributed by atoms with van der Waals surface area (Å²) in [5.41, 5.74) is 5.30. The monoisotopic (exact) mass is 677 g/mol. The van der Waals surface area contributed by atoms with Crippen LogP contribution < -0.4 is 5.73 Å². The third kappa shape index (κ3) is 29.6. The molecule has 0 aromatic heterocycles. The number of unbranched alkanes of at least 4 members (excludes halogenated alkanes) is 17. The lowest BCUT2D eigenvalue weighted by Crippen LogP contribution is -2.34. The summed E-state index contributed by atoms with van der Waals surface area (Å²) in [6.07, 6.45) is 25.8. The predicted molar refractivity (Wildman–Crippen MR) is 180 cm³/mol. The Labute approximate surface area is 278 Å². The summed E-state index contributed by atoms with van der Waals surface area (Å²) in [5, 5.41) is 8.83. The van der Waals surface area contributed by atoms with Crippen LogP contribution >= 0.6 is 7.82 Å². The molecule has 0 rings (SSSR count). The Morgan fingerprint density at radius 3 is 1.65 bits per heavy atom. The number of ether oxygens (including phenoxy) is 2. The normalized spacial score (nSPS) is 14.2. The molecule has 0 bridgehead atoms. The van der Waals surface area contributed by atoms with Gasteiger partial charge in [0.05, 0.1) is 13.2 Å². The lowest BCUT2D eigenvalue weighted by molar-refractivity contribution is -0.161. The maximum Gasteiger partial charge on any atom is 0.472 e. The van der Waals surface area contributed by atoms with E-state index in [1.54, 1.807) is 0 Å². The minimum atomic E-state index is -4.70. The number of allylic oxidation sites excluding steroid dienone is 2. The van der Waals surface area contributed by atoms with E-state index in [1.165, 1.54) is 57.8 Å². The van der Waals surface area contributed by atoms with Crippen LogP contribution in [0.15, 0.2) is 12.2 Å². The third-order valence-corrected chi connectivity index (χ3v) is 8.46. The van der Waals surface area contributed by atoms with E-state index in [0.29, 0.717) is 12.8 Å². The summed E-state index contributed by atoms with van der Waals surface area (Å²) in [4.78, 5) is 45.5. The van der Waals surface area contributed by atoms with Gasteiger partial charge in [-0.25, -0.2) is 4.57 Å². The first kappa shape index (κ1) is 44.2. The molecule has 0 fully saturated rings. The molecule has 0 amide bonds. The van der Waals surface area contributed by atoms with Crippen molar-refractivity contribution in [3.63, 3.8) is 0 Å². The number of carboxylic acids is 1. The molecule has 0 aliphatic rings. The first-order valence-electron chi connectivity index (χ1n) is 17.7. The van der Waals surface area contributed by atoms with E-state index >= 15 is 0 Å². The Hall–Kier alpha value is -1.78. The molecule has 46 heavy (non-hydrogen) atoms. The zero-order chi connectivity index (χ0) is 34.3. The minimum Gasteiger partial charge on any atom is -0.480 e.